The van der Waals surface area contributed by atoms with Crippen LogP contribution in [-0.4, -0.2) is 99.8 Å². The molecule has 2 aromatic heterocycles. The highest BCUT2D eigenvalue weighted by molar-refractivity contribution is 6.47. The molecule has 2 fully saturated rings. The van der Waals surface area contributed by atoms with Gasteiger partial charge in [-0.15, -0.1) is 0 Å². The summed E-state index contributed by atoms with van der Waals surface area (Å²) in [7, 11) is 11.7. The maximum absolute atomic E-state index is 14.8. The summed E-state index contributed by atoms with van der Waals surface area (Å²) in [6, 6.07) is 4.59. The third-order valence-corrected chi connectivity index (χ3v) is 8.05. The van der Waals surface area contributed by atoms with Crippen molar-refractivity contribution in [3.63, 3.8) is 0 Å². The maximum atomic E-state index is 14.8. The number of rotatable bonds is 3. The molecule has 3 aromatic rings. The highest BCUT2D eigenvalue weighted by atomic mass is 19.1. The summed E-state index contributed by atoms with van der Waals surface area (Å²) in [5.41, 5.74) is 1.15. The van der Waals surface area contributed by atoms with Crippen molar-refractivity contribution in [3.8, 4) is 0 Å². The lowest BCUT2D eigenvalue weighted by molar-refractivity contribution is 0.141. The van der Waals surface area contributed by atoms with Gasteiger partial charge in [0.25, 0.3) is 0 Å². The molecule has 2 aliphatic rings. The van der Waals surface area contributed by atoms with Crippen LogP contribution in [0.1, 0.15) is 30.9 Å². The molecule has 2 aliphatic heterocycles. The molecular formula is C21H28B6F2N6O2. The Hall–Kier alpha value is -2.88. The number of nitrogens with zero attached hydrogens (tertiary/aromatic N) is 5. The molecule has 37 heavy (non-hydrogen) atoms. The van der Waals surface area contributed by atoms with Crippen LogP contribution in [0.3, 0.4) is 0 Å². The van der Waals surface area contributed by atoms with Crippen LogP contribution in [0.5, 0.6) is 0 Å². The molecule has 0 bridgehead atoms. The molecule has 1 aromatic carbocycles. The van der Waals surface area contributed by atoms with E-state index in [1.165, 1.54) is 12.3 Å². The molecule has 2 saturated heterocycles. The Labute approximate surface area is 220 Å². The number of urea groups is 1. The Balaban J connectivity index is 1.51. The molecule has 2 N–H and O–H groups in total. The zero-order valence-corrected chi connectivity index (χ0v) is 22.1. The van der Waals surface area contributed by atoms with Crippen LogP contribution >= 0.6 is 0 Å². The first-order chi connectivity index (χ1) is 17.2. The first kappa shape index (κ1) is 25.8. The Morgan fingerprint density at radius 3 is 2.51 bits per heavy atom. The van der Waals surface area contributed by atoms with Gasteiger partial charge in [-0.25, -0.2) is 23.1 Å². The molecular weight excluding hydrogens is 471 g/mol. The minimum absolute atomic E-state index is 0.298. The standard InChI is InChI=1S/C21H28B6F2N6O2/c22-19(23)5-3-14(11-7-10(28)1-2-12(11)29)34(19)16-4-6-33-17(32-16)13(9-30-33)31-18(37)35-20(24,25)8-15(36)21(35,26)27/h1-2,4,6-7,9,14-15,36H,3,5,8,22-27H2,(H,31,37)/t14-,15+/m1/s1. The van der Waals surface area contributed by atoms with Crippen LogP contribution in [0, 0.1) is 11.6 Å². The summed E-state index contributed by atoms with van der Waals surface area (Å²) in [5, 5.41) is 16.2. The summed E-state index contributed by atoms with van der Waals surface area (Å²) in [6.07, 6.45) is 4.50. The maximum Gasteiger partial charge on any atom is 0.320 e. The Morgan fingerprint density at radius 1 is 1.11 bits per heavy atom. The molecule has 186 valence electrons. The van der Waals surface area contributed by atoms with Gasteiger partial charge in [0.15, 0.2) is 5.65 Å². The second-order valence-electron chi connectivity index (χ2n) is 12.0. The van der Waals surface area contributed by atoms with Gasteiger partial charge in [-0.05, 0) is 54.2 Å². The van der Waals surface area contributed by atoms with E-state index in [4.69, 9.17) is 4.98 Å². The smallest absolute Gasteiger partial charge is 0.320 e. The predicted molar refractivity (Wildman–Crippen MR) is 155 cm³/mol. The number of aliphatic hydroxyl groups is 1. The first-order valence-electron chi connectivity index (χ1n) is 12.6. The third-order valence-electron chi connectivity index (χ3n) is 8.05. The van der Waals surface area contributed by atoms with Crippen LogP contribution in [0.15, 0.2) is 36.7 Å². The highest BCUT2D eigenvalue weighted by Gasteiger charge is 2.52. The summed E-state index contributed by atoms with van der Waals surface area (Å²) < 4.78 is 30.4. The van der Waals surface area contributed by atoms with Crippen molar-refractivity contribution >= 4 is 70.3 Å². The molecule has 0 unspecified atom stereocenters. The zero-order chi connectivity index (χ0) is 26.9. The number of amides is 2. The van der Waals surface area contributed by atoms with E-state index in [1.807, 2.05) is 36.3 Å². The topological polar surface area (TPSA) is 86.0 Å². The fourth-order valence-electron chi connectivity index (χ4n) is 6.23. The van der Waals surface area contributed by atoms with E-state index >= 15 is 0 Å². The molecule has 0 aliphatic carbocycles. The summed E-state index contributed by atoms with van der Waals surface area (Å²) in [6.45, 7) is 0. The number of likely N-dealkylation sites (tertiary alicyclic amines) is 1. The SMILES string of the molecule is BC1(B)CC[C@H](c2cc(F)ccc2F)N1c1ccn2ncc(NC(=O)N3C(B)(B)C[C@H](O)C3(B)B)c2n1. The van der Waals surface area contributed by atoms with Crippen LogP contribution in [0.2, 0.25) is 0 Å². The van der Waals surface area contributed by atoms with E-state index in [0.29, 0.717) is 35.6 Å². The molecule has 5 rings (SSSR count). The number of carbonyl (C=O) groups excluding carboxylic acids is 1. The number of fused-ring (bicyclic) bond motifs is 1. The summed E-state index contributed by atoms with van der Waals surface area (Å²) in [5.74, 6) is -0.356. The van der Waals surface area contributed by atoms with Gasteiger partial charge in [0, 0.05) is 17.1 Å². The van der Waals surface area contributed by atoms with E-state index in [2.05, 4.69) is 26.1 Å². The van der Waals surface area contributed by atoms with Crippen LogP contribution in [0.4, 0.5) is 25.1 Å². The largest absolute Gasteiger partial charge is 0.392 e. The quantitative estimate of drug-likeness (QED) is 0.369. The van der Waals surface area contributed by atoms with Gasteiger partial charge in [-0.3, -0.25) is 0 Å². The average Bonchev–Trinajstić information content (AvgIpc) is 3.38. The zero-order valence-electron chi connectivity index (χ0n) is 22.1. The lowest BCUT2D eigenvalue weighted by atomic mass is 9.58. The predicted octanol–water partition coefficient (Wildman–Crippen LogP) is -3.29. The number of halogens is 2. The van der Waals surface area contributed by atoms with E-state index in [9.17, 15) is 18.7 Å². The van der Waals surface area contributed by atoms with Crippen LogP contribution in [-0.2, 0) is 0 Å². The number of benzene rings is 1. The van der Waals surface area contributed by atoms with Crippen molar-refractivity contribution in [1.82, 2.24) is 19.5 Å². The number of aliphatic hydroxyl groups excluding tert-OH is 1. The van der Waals surface area contributed by atoms with Gasteiger partial charge in [0.05, 0.1) is 18.3 Å². The number of aromatic nitrogens is 3. The van der Waals surface area contributed by atoms with Gasteiger partial charge >= 0.3 is 6.03 Å². The van der Waals surface area contributed by atoms with Gasteiger partial charge in [0.2, 0.25) is 0 Å². The molecule has 2 atom stereocenters. The normalized spacial score (nSPS) is 24.0. The monoisotopic (exact) mass is 500 g/mol. The van der Waals surface area contributed by atoms with Crippen molar-refractivity contribution in [2.45, 2.75) is 47.4 Å². The molecule has 0 radical (unpaired) electrons. The molecule has 0 saturated carbocycles. The molecule has 16 heteroatoms. The second kappa shape index (κ2) is 8.58. The van der Waals surface area contributed by atoms with Crippen molar-refractivity contribution in [3.05, 3.63) is 53.9 Å². The molecule has 0 spiro atoms. The second-order valence-corrected chi connectivity index (χ2v) is 12.0. The van der Waals surface area contributed by atoms with E-state index in [0.717, 1.165) is 18.6 Å². The lowest BCUT2D eigenvalue weighted by Gasteiger charge is -2.41. The summed E-state index contributed by atoms with van der Waals surface area (Å²) in [4.78, 5) is 22.0. The van der Waals surface area contributed by atoms with E-state index in [1.54, 1.807) is 21.7 Å². The number of nitrogens with one attached hydrogen (secondary N) is 1. The Kier molecular flexibility index (Phi) is 5.97. The average molecular weight is 499 g/mol. The fraction of sp³-hybridized carbons (Fsp3) is 0.381. The molecule has 8 nitrogen and oxygen atoms in total. The number of hydrogen-bond acceptors (Lipinski definition) is 5. The number of anilines is 2. The Bertz CT molecular complexity index is 1390. The van der Waals surface area contributed by atoms with E-state index in [-0.39, 0.29) is 11.4 Å². The van der Waals surface area contributed by atoms with Gasteiger partial charge in [0.1, 0.15) is 70.2 Å². The highest BCUT2D eigenvalue weighted by Crippen LogP contribution is 2.43. The van der Waals surface area contributed by atoms with E-state index < -0.39 is 34.5 Å². The minimum atomic E-state index is -0.753. The van der Waals surface area contributed by atoms with Crippen LogP contribution in [0.25, 0.3) is 5.65 Å². The van der Waals surface area contributed by atoms with Crippen molar-refractivity contribution in [2.24, 2.45) is 0 Å². The number of carbonyl (C=O) groups is 1. The number of hydrogen-bond donors (Lipinski definition) is 2. The molecule has 4 heterocycles. The fourth-order valence-corrected chi connectivity index (χ4v) is 6.23. The third kappa shape index (κ3) is 4.23. The van der Waals surface area contributed by atoms with Crippen molar-refractivity contribution in [1.29, 1.82) is 0 Å². The van der Waals surface area contributed by atoms with Gasteiger partial charge in [-0.2, -0.15) is 5.10 Å². The summed E-state index contributed by atoms with van der Waals surface area (Å²) >= 11 is 0. The Morgan fingerprint density at radius 2 is 1.84 bits per heavy atom. The lowest BCUT2D eigenvalue weighted by Crippen LogP contribution is -2.61. The molecule has 2 amide bonds. The van der Waals surface area contributed by atoms with Crippen molar-refractivity contribution in [2.75, 3.05) is 10.2 Å². The van der Waals surface area contributed by atoms with Gasteiger partial charge < -0.3 is 20.2 Å². The van der Waals surface area contributed by atoms with Crippen molar-refractivity contribution < 1.29 is 18.7 Å². The van der Waals surface area contributed by atoms with Crippen LogP contribution < -0.4 is 10.2 Å². The van der Waals surface area contributed by atoms with Gasteiger partial charge in [-0.1, -0.05) is 0 Å². The minimum Gasteiger partial charge on any atom is -0.392 e. The first-order valence-corrected chi connectivity index (χ1v) is 12.6.